The molecule has 90 valence electrons. The monoisotopic (exact) mass is 230 g/mol. The third-order valence-corrected chi connectivity index (χ3v) is 3.49. The molecule has 0 saturated heterocycles. The normalized spacial score (nSPS) is 15.6. The van der Waals surface area contributed by atoms with Crippen molar-refractivity contribution in [2.24, 2.45) is 0 Å². The van der Waals surface area contributed by atoms with E-state index in [1.807, 2.05) is 24.3 Å². The van der Waals surface area contributed by atoms with Crippen LogP contribution in [0.25, 0.3) is 0 Å². The molecule has 17 heavy (non-hydrogen) atoms. The maximum Gasteiger partial charge on any atom is 0.0995 e. The fourth-order valence-electron chi connectivity index (χ4n) is 2.26. The summed E-state index contributed by atoms with van der Waals surface area (Å²) in [6, 6.07) is 10.5. The molecule has 1 fully saturated rings. The largest absolute Gasteiger partial charge is 0.395 e. The van der Waals surface area contributed by atoms with E-state index in [1.54, 1.807) is 0 Å². The van der Waals surface area contributed by atoms with Crippen molar-refractivity contribution in [3.05, 3.63) is 35.4 Å². The van der Waals surface area contributed by atoms with Crippen molar-refractivity contribution in [2.45, 2.75) is 31.8 Å². The predicted octanol–water partition coefficient (Wildman–Crippen LogP) is 1.91. The van der Waals surface area contributed by atoms with Crippen LogP contribution < -0.4 is 0 Å². The van der Waals surface area contributed by atoms with Crippen molar-refractivity contribution < 1.29 is 5.11 Å². The second-order valence-electron chi connectivity index (χ2n) is 4.55. The Kier molecular flexibility index (Phi) is 4.13. The lowest BCUT2D eigenvalue weighted by Gasteiger charge is -2.37. The molecule has 0 atom stereocenters. The highest BCUT2D eigenvalue weighted by molar-refractivity contribution is 5.37. The zero-order valence-electron chi connectivity index (χ0n) is 9.97. The van der Waals surface area contributed by atoms with Gasteiger partial charge in [-0.15, -0.1) is 0 Å². The number of benzene rings is 1. The van der Waals surface area contributed by atoms with Crippen LogP contribution in [-0.4, -0.2) is 29.2 Å². The van der Waals surface area contributed by atoms with E-state index >= 15 is 0 Å². The second kappa shape index (κ2) is 5.81. The topological polar surface area (TPSA) is 47.3 Å². The first-order valence-electron chi connectivity index (χ1n) is 6.18. The molecule has 3 nitrogen and oxygen atoms in total. The average Bonchev–Trinajstić information content (AvgIpc) is 2.28. The summed E-state index contributed by atoms with van der Waals surface area (Å²) in [5.74, 6) is 0. The Morgan fingerprint density at radius 2 is 2.12 bits per heavy atom. The zero-order chi connectivity index (χ0) is 12.1. The Morgan fingerprint density at radius 3 is 2.71 bits per heavy atom. The van der Waals surface area contributed by atoms with Gasteiger partial charge in [0.05, 0.1) is 18.2 Å². The van der Waals surface area contributed by atoms with Gasteiger partial charge in [0.1, 0.15) is 0 Å². The number of nitriles is 1. The third-order valence-electron chi connectivity index (χ3n) is 3.49. The second-order valence-corrected chi connectivity index (χ2v) is 4.55. The van der Waals surface area contributed by atoms with E-state index in [1.165, 1.54) is 19.3 Å². The molecule has 1 aromatic carbocycles. The minimum absolute atomic E-state index is 0.186. The van der Waals surface area contributed by atoms with Crippen LogP contribution in [0.4, 0.5) is 0 Å². The van der Waals surface area contributed by atoms with Crippen molar-refractivity contribution in [1.29, 1.82) is 5.26 Å². The lowest BCUT2D eigenvalue weighted by Crippen LogP contribution is -2.41. The highest BCUT2D eigenvalue weighted by Crippen LogP contribution is 2.26. The molecule has 0 spiro atoms. The Morgan fingerprint density at radius 1 is 1.35 bits per heavy atom. The minimum atomic E-state index is 0.186. The van der Waals surface area contributed by atoms with E-state index in [-0.39, 0.29) is 6.61 Å². The standard InChI is InChI=1S/C14H18N2O/c15-10-12-4-1-2-5-13(12)11-16(8-9-17)14-6-3-7-14/h1-2,4-5,14,17H,3,6-9,11H2. The summed E-state index contributed by atoms with van der Waals surface area (Å²) < 4.78 is 0. The van der Waals surface area contributed by atoms with Crippen LogP contribution in [0.15, 0.2) is 24.3 Å². The van der Waals surface area contributed by atoms with Crippen LogP contribution in [-0.2, 0) is 6.54 Å². The van der Waals surface area contributed by atoms with Crippen molar-refractivity contribution in [3.8, 4) is 6.07 Å². The molecule has 0 aromatic heterocycles. The van der Waals surface area contributed by atoms with Gasteiger partial charge in [0.25, 0.3) is 0 Å². The highest BCUT2D eigenvalue weighted by atomic mass is 16.3. The summed E-state index contributed by atoms with van der Waals surface area (Å²) in [5.41, 5.74) is 1.81. The number of hydrogen-bond donors (Lipinski definition) is 1. The van der Waals surface area contributed by atoms with E-state index < -0.39 is 0 Å². The van der Waals surface area contributed by atoms with Crippen molar-refractivity contribution >= 4 is 0 Å². The molecular formula is C14H18N2O. The van der Waals surface area contributed by atoms with Crippen LogP contribution in [0, 0.1) is 11.3 Å². The van der Waals surface area contributed by atoms with Gasteiger partial charge in [-0.2, -0.15) is 5.26 Å². The number of rotatable bonds is 5. The van der Waals surface area contributed by atoms with Gasteiger partial charge >= 0.3 is 0 Å². The lowest BCUT2D eigenvalue weighted by atomic mass is 9.91. The summed E-state index contributed by atoms with van der Waals surface area (Å²) in [7, 11) is 0. The smallest absolute Gasteiger partial charge is 0.0995 e. The maximum absolute atomic E-state index is 9.10. The molecule has 0 unspecified atom stereocenters. The molecule has 1 aliphatic carbocycles. The van der Waals surface area contributed by atoms with E-state index in [4.69, 9.17) is 10.4 Å². The van der Waals surface area contributed by atoms with Crippen LogP contribution in [0.3, 0.4) is 0 Å². The van der Waals surface area contributed by atoms with Gasteiger partial charge in [-0.25, -0.2) is 0 Å². The van der Waals surface area contributed by atoms with Gasteiger partial charge in [0.2, 0.25) is 0 Å². The van der Waals surface area contributed by atoms with Gasteiger partial charge in [-0.3, -0.25) is 4.90 Å². The van der Waals surface area contributed by atoms with Gasteiger partial charge in [0, 0.05) is 19.1 Å². The van der Waals surface area contributed by atoms with Gasteiger partial charge in [-0.1, -0.05) is 24.6 Å². The van der Waals surface area contributed by atoms with Crippen molar-refractivity contribution in [3.63, 3.8) is 0 Å². The minimum Gasteiger partial charge on any atom is -0.395 e. The number of aliphatic hydroxyl groups is 1. The lowest BCUT2D eigenvalue weighted by molar-refractivity contribution is 0.0945. The van der Waals surface area contributed by atoms with E-state index in [9.17, 15) is 0 Å². The first kappa shape index (κ1) is 12.1. The molecule has 0 bridgehead atoms. The molecule has 2 rings (SSSR count). The molecule has 1 saturated carbocycles. The summed E-state index contributed by atoms with van der Waals surface area (Å²) in [5, 5.41) is 18.2. The van der Waals surface area contributed by atoms with Crippen molar-refractivity contribution in [1.82, 2.24) is 4.90 Å². The zero-order valence-corrected chi connectivity index (χ0v) is 9.97. The van der Waals surface area contributed by atoms with Crippen LogP contribution >= 0.6 is 0 Å². The SMILES string of the molecule is N#Cc1ccccc1CN(CCO)C1CCC1. The number of nitrogens with zero attached hydrogens (tertiary/aromatic N) is 2. The number of hydrogen-bond acceptors (Lipinski definition) is 3. The van der Waals surface area contributed by atoms with Gasteiger partial charge in [-0.05, 0) is 24.5 Å². The van der Waals surface area contributed by atoms with E-state index in [0.29, 0.717) is 12.6 Å². The third kappa shape index (κ3) is 2.85. The molecule has 1 aliphatic rings. The fraction of sp³-hybridized carbons (Fsp3) is 0.500. The molecule has 0 heterocycles. The van der Waals surface area contributed by atoms with Gasteiger partial charge < -0.3 is 5.11 Å². The summed E-state index contributed by atoms with van der Waals surface area (Å²) in [6.45, 7) is 1.66. The van der Waals surface area contributed by atoms with E-state index in [2.05, 4.69) is 11.0 Å². The molecular weight excluding hydrogens is 212 g/mol. The average molecular weight is 230 g/mol. The van der Waals surface area contributed by atoms with Crippen LogP contribution in [0.5, 0.6) is 0 Å². The molecule has 0 aliphatic heterocycles. The molecule has 1 N–H and O–H groups in total. The van der Waals surface area contributed by atoms with Crippen LogP contribution in [0.1, 0.15) is 30.4 Å². The Hall–Kier alpha value is -1.37. The Labute approximate surface area is 102 Å². The van der Waals surface area contributed by atoms with E-state index in [0.717, 1.165) is 17.7 Å². The quantitative estimate of drug-likeness (QED) is 0.840. The van der Waals surface area contributed by atoms with Crippen molar-refractivity contribution in [2.75, 3.05) is 13.2 Å². The Bertz CT molecular complexity index is 407. The molecule has 0 amide bonds. The summed E-state index contributed by atoms with van der Waals surface area (Å²) >= 11 is 0. The van der Waals surface area contributed by atoms with Gasteiger partial charge in [0.15, 0.2) is 0 Å². The maximum atomic E-state index is 9.10. The summed E-state index contributed by atoms with van der Waals surface area (Å²) in [4.78, 5) is 2.29. The fourth-order valence-corrected chi connectivity index (χ4v) is 2.26. The molecule has 0 radical (unpaired) electrons. The first-order chi connectivity index (χ1) is 8.35. The predicted molar refractivity (Wildman–Crippen MR) is 66.3 cm³/mol. The number of aliphatic hydroxyl groups excluding tert-OH is 1. The molecule has 1 aromatic rings. The molecule has 3 heteroatoms. The Balaban J connectivity index is 2.08. The first-order valence-corrected chi connectivity index (χ1v) is 6.18. The highest BCUT2D eigenvalue weighted by Gasteiger charge is 2.24. The summed E-state index contributed by atoms with van der Waals surface area (Å²) in [6.07, 6.45) is 3.72. The van der Waals surface area contributed by atoms with Crippen LogP contribution in [0.2, 0.25) is 0 Å².